The van der Waals surface area contributed by atoms with Crippen molar-refractivity contribution in [3.63, 3.8) is 0 Å². The van der Waals surface area contributed by atoms with Gasteiger partial charge < -0.3 is 15.8 Å². The van der Waals surface area contributed by atoms with Crippen LogP contribution in [0.3, 0.4) is 0 Å². The van der Waals surface area contributed by atoms with E-state index in [1.54, 1.807) is 12.4 Å². The first-order valence-corrected chi connectivity index (χ1v) is 6.73. The summed E-state index contributed by atoms with van der Waals surface area (Å²) in [5, 5.41) is 2.92. The molecule has 2 heterocycles. The molecular formula is C15H20IN5O. The number of ether oxygens (including phenoxy) is 1. The number of aromatic nitrogens is 2. The molecule has 2 aromatic heterocycles. The van der Waals surface area contributed by atoms with Gasteiger partial charge >= 0.3 is 0 Å². The van der Waals surface area contributed by atoms with Crippen molar-refractivity contribution in [3.8, 4) is 5.88 Å². The van der Waals surface area contributed by atoms with Crippen molar-refractivity contribution in [1.29, 1.82) is 0 Å². The third-order valence-corrected chi connectivity index (χ3v) is 2.51. The average Bonchev–Trinajstić information content (AvgIpc) is 2.47. The minimum Gasteiger partial charge on any atom is -0.475 e. The lowest BCUT2D eigenvalue weighted by atomic mass is 10.3. The Bertz CT molecular complexity index is 587. The molecule has 0 aromatic carbocycles. The zero-order valence-corrected chi connectivity index (χ0v) is 14.9. The highest BCUT2D eigenvalue weighted by atomic mass is 127. The van der Waals surface area contributed by atoms with Crippen LogP contribution in [0.25, 0.3) is 0 Å². The second kappa shape index (κ2) is 9.19. The summed E-state index contributed by atoms with van der Waals surface area (Å²) >= 11 is 0. The first-order chi connectivity index (χ1) is 10.1. The number of nitrogens with one attached hydrogen (secondary N) is 1. The predicted molar refractivity (Wildman–Crippen MR) is 98.6 cm³/mol. The summed E-state index contributed by atoms with van der Waals surface area (Å²) in [5.74, 6) is 1.59. The number of halogens is 1. The van der Waals surface area contributed by atoms with Crippen molar-refractivity contribution in [1.82, 2.24) is 9.97 Å². The van der Waals surface area contributed by atoms with Gasteiger partial charge in [0.05, 0.1) is 12.6 Å². The number of anilines is 1. The fraction of sp³-hybridized carbons (Fsp3) is 0.267. The molecular weight excluding hydrogens is 393 g/mol. The van der Waals surface area contributed by atoms with E-state index in [1.807, 2.05) is 44.2 Å². The van der Waals surface area contributed by atoms with Gasteiger partial charge in [-0.3, -0.25) is 0 Å². The zero-order chi connectivity index (χ0) is 15.1. The van der Waals surface area contributed by atoms with Gasteiger partial charge in [0.15, 0.2) is 5.96 Å². The maximum absolute atomic E-state index is 5.80. The number of guanidine groups is 1. The molecule has 22 heavy (non-hydrogen) atoms. The van der Waals surface area contributed by atoms with Gasteiger partial charge in [-0.1, -0.05) is 12.1 Å². The van der Waals surface area contributed by atoms with E-state index in [9.17, 15) is 0 Å². The molecule has 0 aliphatic rings. The van der Waals surface area contributed by atoms with Crippen molar-refractivity contribution in [3.05, 3.63) is 48.3 Å². The van der Waals surface area contributed by atoms with E-state index >= 15 is 0 Å². The number of rotatable bonds is 5. The highest BCUT2D eigenvalue weighted by molar-refractivity contribution is 14.0. The summed E-state index contributed by atoms with van der Waals surface area (Å²) in [6.45, 7) is 4.37. The van der Waals surface area contributed by atoms with E-state index in [4.69, 9.17) is 10.5 Å². The molecule has 2 aromatic rings. The minimum absolute atomic E-state index is 0. The van der Waals surface area contributed by atoms with Gasteiger partial charge in [0, 0.05) is 18.5 Å². The van der Waals surface area contributed by atoms with Gasteiger partial charge in [-0.2, -0.15) is 0 Å². The van der Waals surface area contributed by atoms with Crippen LogP contribution in [-0.4, -0.2) is 22.0 Å². The lowest BCUT2D eigenvalue weighted by molar-refractivity contribution is 0.232. The highest BCUT2D eigenvalue weighted by Crippen LogP contribution is 2.10. The summed E-state index contributed by atoms with van der Waals surface area (Å²) in [6, 6.07) is 9.28. The summed E-state index contributed by atoms with van der Waals surface area (Å²) in [4.78, 5) is 12.6. The van der Waals surface area contributed by atoms with E-state index in [0.29, 0.717) is 24.2 Å². The fourth-order valence-corrected chi connectivity index (χ4v) is 1.60. The van der Waals surface area contributed by atoms with Gasteiger partial charge in [-0.15, -0.1) is 24.0 Å². The van der Waals surface area contributed by atoms with Crippen molar-refractivity contribution in [2.24, 2.45) is 10.7 Å². The van der Waals surface area contributed by atoms with Gasteiger partial charge in [0.2, 0.25) is 5.88 Å². The van der Waals surface area contributed by atoms with Crippen LogP contribution in [-0.2, 0) is 6.54 Å². The smallest absolute Gasteiger partial charge is 0.213 e. The van der Waals surface area contributed by atoms with Crippen molar-refractivity contribution in [2.45, 2.75) is 26.5 Å². The summed E-state index contributed by atoms with van der Waals surface area (Å²) in [7, 11) is 0. The lowest BCUT2D eigenvalue weighted by Gasteiger charge is -2.08. The summed E-state index contributed by atoms with van der Waals surface area (Å²) in [5.41, 5.74) is 6.76. The standard InChI is InChI=1S/C15H19N5O.HI/c1-11(2)21-14-7-6-12(9-18-14)10-19-15(16)20-13-5-3-4-8-17-13;/h3-9,11H,10H2,1-2H3,(H3,16,17,19,20);1H. The van der Waals surface area contributed by atoms with Crippen LogP contribution in [0, 0.1) is 0 Å². The fourth-order valence-electron chi connectivity index (χ4n) is 1.60. The third kappa shape index (κ3) is 6.25. The molecule has 0 unspecified atom stereocenters. The normalized spacial score (nSPS) is 11.0. The van der Waals surface area contributed by atoms with Crippen molar-refractivity contribution in [2.75, 3.05) is 5.32 Å². The highest BCUT2D eigenvalue weighted by Gasteiger charge is 2.00. The Hall–Kier alpha value is -1.90. The molecule has 118 valence electrons. The Morgan fingerprint density at radius 1 is 1.27 bits per heavy atom. The van der Waals surface area contributed by atoms with Crippen LogP contribution in [0.1, 0.15) is 19.4 Å². The van der Waals surface area contributed by atoms with Gasteiger partial charge in [-0.25, -0.2) is 15.0 Å². The largest absolute Gasteiger partial charge is 0.475 e. The van der Waals surface area contributed by atoms with Crippen LogP contribution in [0.5, 0.6) is 5.88 Å². The first-order valence-electron chi connectivity index (χ1n) is 6.73. The minimum atomic E-state index is 0. The van der Waals surface area contributed by atoms with Gasteiger partial charge in [-0.05, 0) is 31.5 Å². The molecule has 0 spiro atoms. The summed E-state index contributed by atoms with van der Waals surface area (Å²) < 4.78 is 5.48. The second-order valence-electron chi connectivity index (χ2n) is 4.71. The molecule has 0 fully saturated rings. The van der Waals surface area contributed by atoms with Crippen LogP contribution < -0.4 is 15.8 Å². The molecule has 0 amide bonds. The molecule has 0 aliphatic heterocycles. The lowest BCUT2D eigenvalue weighted by Crippen LogP contribution is -2.23. The molecule has 0 aliphatic carbocycles. The Morgan fingerprint density at radius 3 is 2.68 bits per heavy atom. The number of aliphatic imine (C=N–C) groups is 1. The predicted octanol–water partition coefficient (Wildman–Crippen LogP) is 2.81. The third-order valence-electron chi connectivity index (χ3n) is 2.51. The van der Waals surface area contributed by atoms with Gasteiger partial charge in [0.1, 0.15) is 5.82 Å². The average molecular weight is 413 g/mol. The molecule has 3 N–H and O–H groups in total. The maximum atomic E-state index is 5.80. The molecule has 0 atom stereocenters. The molecule has 2 rings (SSSR count). The number of hydrogen-bond acceptors (Lipinski definition) is 4. The number of nitrogens with two attached hydrogens (primary N) is 1. The van der Waals surface area contributed by atoms with E-state index < -0.39 is 0 Å². The van der Waals surface area contributed by atoms with Crippen LogP contribution in [0.2, 0.25) is 0 Å². The molecule has 6 nitrogen and oxygen atoms in total. The van der Waals surface area contributed by atoms with Gasteiger partial charge in [0.25, 0.3) is 0 Å². The monoisotopic (exact) mass is 413 g/mol. The number of pyridine rings is 2. The van der Waals surface area contributed by atoms with E-state index in [1.165, 1.54) is 0 Å². The SMILES string of the molecule is CC(C)Oc1ccc(CN=C(N)Nc2ccccn2)cn1.I. The molecule has 7 heteroatoms. The molecule has 0 radical (unpaired) electrons. The van der Waals surface area contributed by atoms with Crippen LogP contribution in [0.15, 0.2) is 47.7 Å². The van der Waals surface area contributed by atoms with E-state index in [2.05, 4.69) is 20.3 Å². The topological polar surface area (TPSA) is 85.4 Å². The Labute approximate surface area is 147 Å². The van der Waals surface area contributed by atoms with E-state index in [-0.39, 0.29) is 30.1 Å². The Morgan fingerprint density at radius 2 is 2.09 bits per heavy atom. The van der Waals surface area contributed by atoms with Crippen molar-refractivity contribution >= 4 is 35.8 Å². The maximum Gasteiger partial charge on any atom is 0.213 e. The van der Waals surface area contributed by atoms with Crippen LogP contribution in [0.4, 0.5) is 5.82 Å². The quantitative estimate of drug-likeness (QED) is 0.448. The van der Waals surface area contributed by atoms with Crippen molar-refractivity contribution < 1.29 is 4.74 Å². The first kappa shape index (κ1) is 18.1. The Balaban J connectivity index is 0.00000242. The Kier molecular flexibility index (Phi) is 7.58. The molecule has 0 bridgehead atoms. The number of nitrogens with zero attached hydrogens (tertiary/aromatic N) is 3. The molecule has 0 saturated carbocycles. The molecule has 0 saturated heterocycles. The number of hydrogen-bond donors (Lipinski definition) is 2. The second-order valence-corrected chi connectivity index (χ2v) is 4.71. The zero-order valence-electron chi connectivity index (χ0n) is 12.6. The van der Waals surface area contributed by atoms with E-state index in [0.717, 1.165) is 5.56 Å². The summed E-state index contributed by atoms with van der Waals surface area (Å²) in [6.07, 6.45) is 3.53. The van der Waals surface area contributed by atoms with Crippen LogP contribution >= 0.6 is 24.0 Å².